The first-order valence-corrected chi connectivity index (χ1v) is 11.6. The lowest BCUT2D eigenvalue weighted by Crippen LogP contribution is -2.29. The third-order valence-electron chi connectivity index (χ3n) is 4.36. The Morgan fingerprint density at radius 2 is 1.97 bits per heavy atom. The number of halogens is 2. The second-order valence-corrected chi connectivity index (χ2v) is 9.23. The molecule has 1 aliphatic rings. The second-order valence-electron chi connectivity index (χ2n) is 6.71. The molecule has 1 aliphatic heterocycles. The van der Waals surface area contributed by atoms with Crippen LogP contribution in [0.25, 0.3) is 6.08 Å². The van der Waals surface area contributed by atoms with Gasteiger partial charge in [0.2, 0.25) is 0 Å². The smallest absolute Gasteiger partial charge is 0.266 e. The van der Waals surface area contributed by atoms with Crippen molar-refractivity contribution in [2.75, 3.05) is 32.2 Å². The molecule has 10 heteroatoms. The van der Waals surface area contributed by atoms with Crippen molar-refractivity contribution >= 4 is 75.1 Å². The van der Waals surface area contributed by atoms with Crippen LogP contribution in [0.2, 0.25) is 10.0 Å². The summed E-state index contributed by atoms with van der Waals surface area (Å²) in [6.07, 6.45) is 2.51. The number of hydrogen-bond donors (Lipinski definition) is 1. The molecular weight excluding hydrogens is 491 g/mol. The quantitative estimate of drug-likeness (QED) is 0.282. The molecule has 1 saturated heterocycles. The van der Waals surface area contributed by atoms with E-state index >= 15 is 0 Å². The van der Waals surface area contributed by atoms with Crippen LogP contribution >= 0.6 is 47.2 Å². The van der Waals surface area contributed by atoms with E-state index < -0.39 is 0 Å². The number of nitrogens with one attached hydrogen (secondary N) is 1. The Morgan fingerprint density at radius 3 is 2.66 bits per heavy atom. The number of methoxy groups -OCH3 is 1. The van der Waals surface area contributed by atoms with E-state index in [1.807, 2.05) is 0 Å². The van der Waals surface area contributed by atoms with E-state index in [0.29, 0.717) is 43.9 Å². The summed E-state index contributed by atoms with van der Waals surface area (Å²) in [5.74, 6) is 0.0658. The largest absolute Gasteiger partial charge is 0.484 e. The summed E-state index contributed by atoms with van der Waals surface area (Å²) in [5, 5.41) is 3.50. The molecule has 0 spiro atoms. The van der Waals surface area contributed by atoms with E-state index in [1.165, 1.54) is 11.8 Å². The molecule has 1 heterocycles. The highest BCUT2D eigenvalue weighted by molar-refractivity contribution is 8.26. The predicted molar refractivity (Wildman–Crippen MR) is 133 cm³/mol. The van der Waals surface area contributed by atoms with E-state index in [1.54, 1.807) is 60.6 Å². The van der Waals surface area contributed by atoms with Gasteiger partial charge in [0.25, 0.3) is 11.8 Å². The molecule has 2 aromatic rings. The lowest BCUT2D eigenvalue weighted by Gasteiger charge is -2.13. The van der Waals surface area contributed by atoms with Crippen molar-refractivity contribution in [2.45, 2.75) is 6.42 Å². The molecule has 1 fully saturated rings. The van der Waals surface area contributed by atoms with Gasteiger partial charge in [0.1, 0.15) is 10.1 Å². The number of thioether (sulfide) groups is 1. The Labute approximate surface area is 205 Å². The fourth-order valence-corrected chi connectivity index (χ4v) is 4.56. The van der Waals surface area contributed by atoms with E-state index in [0.717, 1.165) is 12.0 Å². The summed E-state index contributed by atoms with van der Waals surface area (Å²) in [4.78, 5) is 26.8. The van der Waals surface area contributed by atoms with E-state index in [2.05, 4.69) is 5.32 Å². The number of carbonyl (C=O) groups excluding carboxylic acids is 2. The molecule has 0 radical (unpaired) electrons. The molecule has 0 aliphatic carbocycles. The maximum absolute atomic E-state index is 12.6. The fraction of sp³-hybridized carbons (Fsp3) is 0.227. The highest BCUT2D eigenvalue weighted by Crippen LogP contribution is 2.33. The van der Waals surface area contributed by atoms with Crippen LogP contribution in [0.15, 0.2) is 47.4 Å². The molecule has 0 aromatic heterocycles. The lowest BCUT2D eigenvalue weighted by molar-refractivity contribution is -0.122. The number of nitrogens with zero attached hydrogens (tertiary/aromatic N) is 1. The zero-order chi connectivity index (χ0) is 23.1. The third kappa shape index (κ3) is 6.70. The number of rotatable bonds is 9. The van der Waals surface area contributed by atoms with Crippen molar-refractivity contribution in [1.29, 1.82) is 0 Å². The molecule has 2 amide bonds. The number of thiocarbonyl (C=S) groups is 1. The van der Waals surface area contributed by atoms with Crippen molar-refractivity contribution in [3.63, 3.8) is 0 Å². The van der Waals surface area contributed by atoms with Crippen molar-refractivity contribution in [2.24, 2.45) is 0 Å². The normalized spacial score (nSPS) is 14.8. The van der Waals surface area contributed by atoms with Crippen molar-refractivity contribution in [3.8, 4) is 5.75 Å². The Balaban J connectivity index is 1.54. The second kappa shape index (κ2) is 11.7. The summed E-state index contributed by atoms with van der Waals surface area (Å²) in [6, 6.07) is 11.9. The molecule has 3 rings (SSSR count). The van der Waals surface area contributed by atoms with Crippen LogP contribution < -0.4 is 10.1 Å². The number of carbonyl (C=O) groups is 2. The maximum Gasteiger partial charge on any atom is 0.266 e. The van der Waals surface area contributed by atoms with E-state index in [4.69, 9.17) is 44.9 Å². The average molecular weight is 511 g/mol. The zero-order valence-electron chi connectivity index (χ0n) is 17.1. The van der Waals surface area contributed by atoms with Crippen LogP contribution in [-0.2, 0) is 14.3 Å². The SMILES string of the molecule is COCCCN1C(=O)/C(=C/c2ccc(OCC(=O)Nc3ccc(Cl)cc3Cl)cc2)SC1=S. The number of benzene rings is 2. The molecule has 168 valence electrons. The Bertz CT molecular complexity index is 1040. The van der Waals surface area contributed by atoms with Crippen molar-refractivity contribution < 1.29 is 19.1 Å². The Hall–Kier alpha value is -2.10. The number of anilines is 1. The molecule has 0 bridgehead atoms. The molecule has 0 unspecified atom stereocenters. The summed E-state index contributed by atoms with van der Waals surface area (Å²) < 4.78 is 11.1. The van der Waals surface area contributed by atoms with Gasteiger partial charge in [-0.25, -0.2) is 0 Å². The van der Waals surface area contributed by atoms with Gasteiger partial charge in [-0.3, -0.25) is 14.5 Å². The first-order valence-electron chi connectivity index (χ1n) is 9.59. The fourth-order valence-electron chi connectivity index (χ4n) is 2.80. The molecule has 2 aromatic carbocycles. The van der Waals surface area contributed by atoms with Crippen molar-refractivity contribution in [3.05, 3.63) is 63.0 Å². The minimum absolute atomic E-state index is 0.103. The zero-order valence-corrected chi connectivity index (χ0v) is 20.2. The van der Waals surface area contributed by atoms with Gasteiger partial charge in [-0.15, -0.1) is 0 Å². The van der Waals surface area contributed by atoms with Crippen LogP contribution in [0.5, 0.6) is 5.75 Å². The standard InChI is InChI=1S/C22H20Cl2N2O4S2/c1-29-10-2-9-26-21(28)19(32-22(26)31)11-14-3-6-16(7-4-14)30-13-20(27)25-18-8-5-15(23)12-17(18)24/h3-8,11-12H,2,9-10,13H2,1H3,(H,25,27)/b19-11-. The van der Waals surface area contributed by atoms with Crippen LogP contribution in [-0.4, -0.2) is 47.9 Å². The van der Waals surface area contributed by atoms with E-state index in [-0.39, 0.29) is 18.4 Å². The molecule has 0 saturated carbocycles. The Morgan fingerprint density at radius 1 is 1.22 bits per heavy atom. The van der Waals surface area contributed by atoms with Gasteiger partial charge in [-0.2, -0.15) is 0 Å². The van der Waals surface area contributed by atoms with Gasteiger partial charge in [0.15, 0.2) is 6.61 Å². The first-order chi connectivity index (χ1) is 15.4. The van der Waals surface area contributed by atoms with Gasteiger partial charge in [-0.05, 0) is 48.4 Å². The summed E-state index contributed by atoms with van der Waals surface area (Å²) in [6.45, 7) is 0.923. The maximum atomic E-state index is 12.6. The average Bonchev–Trinajstić information content (AvgIpc) is 3.02. The lowest BCUT2D eigenvalue weighted by atomic mass is 10.2. The number of amides is 2. The van der Waals surface area contributed by atoms with E-state index in [9.17, 15) is 9.59 Å². The van der Waals surface area contributed by atoms with Gasteiger partial charge >= 0.3 is 0 Å². The highest BCUT2D eigenvalue weighted by atomic mass is 35.5. The van der Waals surface area contributed by atoms with Gasteiger partial charge < -0.3 is 14.8 Å². The molecule has 6 nitrogen and oxygen atoms in total. The van der Waals surface area contributed by atoms with Crippen LogP contribution in [0.1, 0.15) is 12.0 Å². The summed E-state index contributed by atoms with van der Waals surface area (Å²) >= 11 is 18.5. The number of ether oxygens (including phenoxy) is 2. The minimum atomic E-state index is -0.351. The topological polar surface area (TPSA) is 67.9 Å². The summed E-state index contributed by atoms with van der Waals surface area (Å²) in [7, 11) is 1.62. The monoisotopic (exact) mass is 510 g/mol. The predicted octanol–water partition coefficient (Wildman–Crippen LogP) is 5.25. The molecular formula is C22H20Cl2N2O4S2. The molecule has 32 heavy (non-hydrogen) atoms. The van der Waals surface area contributed by atoms with Crippen LogP contribution in [0, 0.1) is 0 Å². The van der Waals surface area contributed by atoms with Crippen LogP contribution in [0.4, 0.5) is 5.69 Å². The van der Waals surface area contributed by atoms with Gasteiger partial charge in [-0.1, -0.05) is 59.3 Å². The third-order valence-corrected chi connectivity index (χ3v) is 6.28. The molecule has 1 N–H and O–H groups in total. The molecule has 0 atom stereocenters. The van der Waals surface area contributed by atoms with Gasteiger partial charge in [0, 0.05) is 25.3 Å². The minimum Gasteiger partial charge on any atom is -0.484 e. The van der Waals surface area contributed by atoms with Gasteiger partial charge in [0.05, 0.1) is 15.6 Å². The highest BCUT2D eigenvalue weighted by Gasteiger charge is 2.31. The Kier molecular flexibility index (Phi) is 8.95. The summed E-state index contributed by atoms with van der Waals surface area (Å²) in [5.41, 5.74) is 1.28. The van der Waals surface area contributed by atoms with Crippen molar-refractivity contribution in [1.82, 2.24) is 4.90 Å². The first kappa shape index (κ1) is 24.5. The number of hydrogen-bond acceptors (Lipinski definition) is 6. The van der Waals surface area contributed by atoms with Crippen LogP contribution in [0.3, 0.4) is 0 Å².